The summed E-state index contributed by atoms with van der Waals surface area (Å²) in [5, 5.41) is 0. The van der Waals surface area contributed by atoms with Crippen LogP contribution in [0.3, 0.4) is 0 Å². The lowest BCUT2D eigenvalue weighted by atomic mass is 10.00. The predicted molar refractivity (Wildman–Crippen MR) is 77.1 cm³/mol. The van der Waals surface area contributed by atoms with Crippen LogP contribution in [0.2, 0.25) is 0 Å². The molecule has 0 spiro atoms. The van der Waals surface area contributed by atoms with Crippen molar-refractivity contribution in [2.24, 2.45) is 5.92 Å². The van der Waals surface area contributed by atoms with E-state index in [1.807, 2.05) is 11.8 Å². The van der Waals surface area contributed by atoms with E-state index >= 15 is 0 Å². The number of carbonyl (C=O) groups excluding carboxylic acids is 1. The predicted octanol–water partition coefficient (Wildman–Crippen LogP) is 3.00. The molecule has 0 saturated carbocycles. The third-order valence-corrected chi connectivity index (χ3v) is 4.42. The topological polar surface area (TPSA) is 20.3 Å². The Hall–Kier alpha value is -0.800. The number of likely N-dealkylation sites (tertiary alicyclic amines) is 1. The first kappa shape index (κ1) is 13.6. The van der Waals surface area contributed by atoms with Gasteiger partial charge in [0.15, 0.2) is 0 Å². The lowest BCUT2D eigenvalue weighted by Crippen LogP contribution is -2.37. The van der Waals surface area contributed by atoms with Gasteiger partial charge in [-0.25, -0.2) is 0 Å². The van der Waals surface area contributed by atoms with E-state index in [2.05, 4.69) is 36.1 Å². The lowest BCUT2D eigenvalue weighted by Gasteiger charge is -2.29. The Morgan fingerprint density at radius 1 is 1.39 bits per heavy atom. The molecule has 1 aliphatic heterocycles. The molecule has 98 valence electrons. The fourth-order valence-corrected chi connectivity index (χ4v) is 3.25. The van der Waals surface area contributed by atoms with Gasteiger partial charge in [0.05, 0.1) is 0 Å². The first-order valence-electron chi connectivity index (χ1n) is 6.65. The zero-order chi connectivity index (χ0) is 12.8. The monoisotopic (exact) mass is 263 g/mol. The number of thioether (sulfide) groups is 1. The molecule has 18 heavy (non-hydrogen) atoms. The van der Waals surface area contributed by atoms with Crippen LogP contribution in [0.5, 0.6) is 0 Å². The van der Waals surface area contributed by atoms with Crippen molar-refractivity contribution in [2.45, 2.75) is 24.7 Å². The van der Waals surface area contributed by atoms with E-state index in [1.54, 1.807) is 0 Å². The van der Waals surface area contributed by atoms with Crippen molar-refractivity contribution >= 4 is 18.0 Å². The highest BCUT2D eigenvalue weighted by atomic mass is 32.2. The number of rotatable bonds is 5. The average molecular weight is 263 g/mol. The number of carbonyl (C=O) groups is 1. The second-order valence-corrected chi connectivity index (χ2v) is 6.17. The van der Waals surface area contributed by atoms with Crippen molar-refractivity contribution in [3.8, 4) is 0 Å². The van der Waals surface area contributed by atoms with Gasteiger partial charge >= 0.3 is 0 Å². The molecule has 0 aromatic heterocycles. The summed E-state index contributed by atoms with van der Waals surface area (Å²) >= 11 is 1.90. The number of benzene rings is 1. The molecular formula is C15H21NOS. The van der Waals surface area contributed by atoms with E-state index in [9.17, 15) is 4.79 Å². The summed E-state index contributed by atoms with van der Waals surface area (Å²) in [6.07, 6.45) is 3.36. The second-order valence-electron chi connectivity index (χ2n) is 5.00. The van der Waals surface area contributed by atoms with Crippen LogP contribution in [-0.4, -0.2) is 36.6 Å². The highest BCUT2D eigenvalue weighted by Gasteiger charge is 2.18. The molecule has 1 aromatic rings. The van der Waals surface area contributed by atoms with Gasteiger partial charge < -0.3 is 9.69 Å². The molecule has 1 heterocycles. The largest absolute Gasteiger partial charge is 0.303 e. The summed E-state index contributed by atoms with van der Waals surface area (Å²) in [6, 6.07) is 8.69. The Labute approximate surface area is 114 Å². The fourth-order valence-electron chi connectivity index (χ4n) is 2.33. The molecule has 1 fully saturated rings. The molecule has 1 unspecified atom stereocenters. The van der Waals surface area contributed by atoms with Gasteiger partial charge in [0, 0.05) is 29.7 Å². The van der Waals surface area contributed by atoms with E-state index in [-0.39, 0.29) is 5.92 Å². The SMILES string of the molecule is Cc1ccc(SCCN2CCCC(C=O)C2)cc1. The molecule has 2 nitrogen and oxygen atoms in total. The third kappa shape index (κ3) is 4.14. The van der Waals surface area contributed by atoms with Gasteiger partial charge in [-0.3, -0.25) is 0 Å². The van der Waals surface area contributed by atoms with E-state index in [0.717, 1.165) is 38.1 Å². The van der Waals surface area contributed by atoms with Crippen LogP contribution < -0.4 is 0 Å². The standard InChI is InChI=1S/C15H21NOS/c1-13-4-6-15(7-5-13)18-10-9-16-8-2-3-14(11-16)12-17/h4-7,12,14H,2-3,8-11H2,1H3. The van der Waals surface area contributed by atoms with Crippen molar-refractivity contribution < 1.29 is 4.79 Å². The van der Waals surface area contributed by atoms with Crippen LogP contribution in [0, 0.1) is 12.8 Å². The quantitative estimate of drug-likeness (QED) is 0.601. The molecule has 0 aliphatic carbocycles. The maximum Gasteiger partial charge on any atom is 0.124 e. The molecule has 1 atom stereocenters. The van der Waals surface area contributed by atoms with Gasteiger partial charge in [0.2, 0.25) is 0 Å². The minimum Gasteiger partial charge on any atom is -0.303 e. The van der Waals surface area contributed by atoms with Crippen molar-refractivity contribution in [2.75, 3.05) is 25.4 Å². The lowest BCUT2D eigenvalue weighted by molar-refractivity contribution is -0.112. The summed E-state index contributed by atoms with van der Waals surface area (Å²) < 4.78 is 0. The summed E-state index contributed by atoms with van der Waals surface area (Å²) in [7, 11) is 0. The third-order valence-electron chi connectivity index (χ3n) is 3.43. The Balaban J connectivity index is 1.71. The van der Waals surface area contributed by atoms with Gasteiger partial charge in [-0.15, -0.1) is 11.8 Å². The number of piperidine rings is 1. The fraction of sp³-hybridized carbons (Fsp3) is 0.533. The Morgan fingerprint density at radius 2 is 2.17 bits per heavy atom. The number of hydrogen-bond acceptors (Lipinski definition) is 3. The molecular weight excluding hydrogens is 242 g/mol. The van der Waals surface area contributed by atoms with E-state index < -0.39 is 0 Å². The first-order chi connectivity index (χ1) is 8.78. The molecule has 3 heteroatoms. The van der Waals surface area contributed by atoms with Gasteiger partial charge in [-0.1, -0.05) is 17.7 Å². The van der Waals surface area contributed by atoms with Crippen LogP contribution >= 0.6 is 11.8 Å². The zero-order valence-corrected chi connectivity index (χ0v) is 11.8. The Bertz CT molecular complexity index is 377. The molecule has 0 amide bonds. The van der Waals surface area contributed by atoms with E-state index in [1.165, 1.54) is 16.9 Å². The van der Waals surface area contributed by atoms with Crippen LogP contribution in [0.4, 0.5) is 0 Å². The van der Waals surface area contributed by atoms with Crippen molar-refractivity contribution in [3.63, 3.8) is 0 Å². The molecule has 0 N–H and O–H groups in total. The maximum absolute atomic E-state index is 10.8. The average Bonchev–Trinajstić information content (AvgIpc) is 2.41. The zero-order valence-electron chi connectivity index (χ0n) is 11.0. The normalized spacial score (nSPS) is 20.8. The van der Waals surface area contributed by atoms with Crippen molar-refractivity contribution in [1.29, 1.82) is 0 Å². The van der Waals surface area contributed by atoms with Gasteiger partial charge in [-0.05, 0) is 38.4 Å². The van der Waals surface area contributed by atoms with Crippen LogP contribution in [0.1, 0.15) is 18.4 Å². The highest BCUT2D eigenvalue weighted by molar-refractivity contribution is 7.99. The Morgan fingerprint density at radius 3 is 2.89 bits per heavy atom. The van der Waals surface area contributed by atoms with Crippen LogP contribution in [0.15, 0.2) is 29.2 Å². The van der Waals surface area contributed by atoms with Crippen molar-refractivity contribution in [1.82, 2.24) is 4.90 Å². The van der Waals surface area contributed by atoms with Gasteiger partial charge in [-0.2, -0.15) is 0 Å². The molecule has 1 aromatic carbocycles. The van der Waals surface area contributed by atoms with Gasteiger partial charge in [0.1, 0.15) is 6.29 Å². The summed E-state index contributed by atoms with van der Waals surface area (Å²) in [4.78, 5) is 14.6. The Kier molecular flexibility index (Phi) is 5.26. The number of hydrogen-bond donors (Lipinski definition) is 0. The van der Waals surface area contributed by atoms with Crippen molar-refractivity contribution in [3.05, 3.63) is 29.8 Å². The minimum absolute atomic E-state index is 0.267. The second kappa shape index (κ2) is 6.95. The molecule has 1 aliphatic rings. The maximum atomic E-state index is 10.8. The van der Waals surface area contributed by atoms with Crippen LogP contribution in [0.25, 0.3) is 0 Å². The van der Waals surface area contributed by atoms with E-state index in [4.69, 9.17) is 0 Å². The van der Waals surface area contributed by atoms with Gasteiger partial charge in [0.25, 0.3) is 0 Å². The summed E-state index contributed by atoms with van der Waals surface area (Å²) in [6.45, 7) is 5.31. The number of nitrogens with zero attached hydrogens (tertiary/aromatic N) is 1. The number of aryl methyl sites for hydroxylation is 1. The number of aldehydes is 1. The summed E-state index contributed by atoms with van der Waals surface area (Å²) in [5.41, 5.74) is 1.31. The smallest absolute Gasteiger partial charge is 0.124 e. The molecule has 0 bridgehead atoms. The van der Waals surface area contributed by atoms with E-state index in [0.29, 0.717) is 0 Å². The summed E-state index contributed by atoms with van der Waals surface area (Å²) in [5.74, 6) is 1.37. The molecule has 2 rings (SSSR count). The molecule has 0 radical (unpaired) electrons. The first-order valence-corrected chi connectivity index (χ1v) is 7.63. The minimum atomic E-state index is 0.267. The highest BCUT2D eigenvalue weighted by Crippen LogP contribution is 2.20. The molecule has 1 saturated heterocycles. The van der Waals surface area contributed by atoms with Crippen LogP contribution in [-0.2, 0) is 4.79 Å².